The van der Waals surface area contributed by atoms with Crippen molar-refractivity contribution in [2.75, 3.05) is 26.4 Å². The van der Waals surface area contributed by atoms with E-state index in [0.717, 1.165) is 28.2 Å². The lowest BCUT2D eigenvalue weighted by atomic mass is 10.1. The van der Waals surface area contributed by atoms with Crippen molar-refractivity contribution in [2.45, 2.75) is 26.3 Å². The van der Waals surface area contributed by atoms with Gasteiger partial charge in [-0.1, -0.05) is 54.6 Å². The van der Waals surface area contributed by atoms with Gasteiger partial charge in [0, 0.05) is 12.5 Å². The Morgan fingerprint density at radius 1 is 0.829 bits per heavy atom. The molecular weight excluding hydrogens is 528 g/mol. The summed E-state index contributed by atoms with van der Waals surface area (Å²) < 4.78 is 21.4. The summed E-state index contributed by atoms with van der Waals surface area (Å²) in [5.41, 5.74) is 2.60. The Hall–Kier alpha value is -4.99. The van der Waals surface area contributed by atoms with Crippen LogP contribution in [0.3, 0.4) is 0 Å². The summed E-state index contributed by atoms with van der Waals surface area (Å²) in [7, 11) is 0. The Labute approximate surface area is 238 Å². The lowest BCUT2D eigenvalue weighted by molar-refractivity contribution is -0.123. The number of hydrogen-bond acceptors (Lipinski definition) is 7. The molecule has 216 valence electrons. The van der Waals surface area contributed by atoms with Gasteiger partial charge in [-0.25, -0.2) is 9.59 Å². The monoisotopic (exact) mass is 562 g/mol. The first kappa shape index (κ1) is 30.6. The quantitative estimate of drug-likeness (QED) is 0.106. The molecule has 3 rings (SSSR count). The maximum absolute atomic E-state index is 12.5. The van der Waals surface area contributed by atoms with Crippen molar-refractivity contribution in [1.29, 1.82) is 0 Å². The highest BCUT2D eigenvalue weighted by atomic mass is 16.7. The van der Waals surface area contributed by atoms with E-state index in [1.807, 2.05) is 50.3 Å². The molecule has 10 nitrogen and oxygen atoms in total. The van der Waals surface area contributed by atoms with Gasteiger partial charge >= 0.3 is 12.2 Å². The molecule has 1 atom stereocenters. The smallest absolute Gasteiger partial charge is 0.494 e. The van der Waals surface area contributed by atoms with Crippen LogP contribution in [0.25, 0.3) is 12.2 Å². The minimum Gasteiger partial charge on any atom is -0.494 e. The van der Waals surface area contributed by atoms with Crippen molar-refractivity contribution in [1.82, 2.24) is 10.6 Å². The van der Waals surface area contributed by atoms with E-state index in [4.69, 9.17) is 24.1 Å². The Balaban J connectivity index is 1.45. The van der Waals surface area contributed by atoms with Crippen LogP contribution in [0.15, 0.2) is 72.8 Å². The average Bonchev–Trinajstić information content (AvgIpc) is 2.95. The molecule has 0 radical (unpaired) electrons. The first-order valence-corrected chi connectivity index (χ1v) is 13.2. The number of benzene rings is 3. The van der Waals surface area contributed by atoms with Crippen molar-refractivity contribution in [3.63, 3.8) is 0 Å². The van der Waals surface area contributed by atoms with Crippen LogP contribution in [-0.4, -0.2) is 55.7 Å². The third kappa shape index (κ3) is 11.0. The number of carboxylic acid groups (broad SMARTS) is 1. The molecule has 0 aliphatic heterocycles. The van der Waals surface area contributed by atoms with E-state index in [1.54, 1.807) is 48.5 Å². The van der Waals surface area contributed by atoms with Crippen LogP contribution in [0, 0.1) is 0 Å². The van der Waals surface area contributed by atoms with Gasteiger partial charge in [0.2, 0.25) is 5.91 Å². The zero-order valence-corrected chi connectivity index (χ0v) is 23.0. The number of carbonyl (C=O) groups excluding carboxylic acids is 2. The third-order valence-corrected chi connectivity index (χ3v) is 5.59. The highest BCUT2D eigenvalue weighted by Gasteiger charge is 2.20. The molecule has 3 aromatic rings. The maximum Gasteiger partial charge on any atom is 0.513 e. The molecule has 3 aromatic carbocycles. The summed E-state index contributed by atoms with van der Waals surface area (Å²) in [6.45, 7) is 4.78. The van der Waals surface area contributed by atoms with Crippen molar-refractivity contribution >= 4 is 30.3 Å². The predicted molar refractivity (Wildman–Crippen MR) is 154 cm³/mol. The van der Waals surface area contributed by atoms with Crippen molar-refractivity contribution in [3.8, 4) is 17.2 Å². The van der Waals surface area contributed by atoms with Gasteiger partial charge in [0.15, 0.2) is 0 Å². The number of amides is 2. The van der Waals surface area contributed by atoms with E-state index in [0.29, 0.717) is 19.0 Å². The van der Waals surface area contributed by atoms with Crippen LogP contribution < -0.4 is 24.8 Å². The Kier molecular flexibility index (Phi) is 12.1. The standard InChI is InChI=1S/C31H34N2O8/c1-3-38-26-18-24(19-27(21-26)39-4-2)11-10-22-12-14-25(15-13-22)41-31(37)40-17-16-32-29(34)28(33-30(35)36)20-23-8-6-5-7-9-23/h5-15,18-19,21,28,33H,3-4,16-17,20H2,1-2H3,(H,32,34)(H,35,36). The summed E-state index contributed by atoms with van der Waals surface area (Å²) in [6, 6.07) is 20.6. The van der Waals surface area contributed by atoms with Gasteiger partial charge in [-0.15, -0.1) is 0 Å². The minimum absolute atomic E-state index is 0.0141. The number of hydrogen-bond donors (Lipinski definition) is 3. The van der Waals surface area contributed by atoms with E-state index in [9.17, 15) is 14.4 Å². The second kappa shape index (κ2) is 16.2. The molecule has 0 heterocycles. The predicted octanol–water partition coefficient (Wildman–Crippen LogP) is 5.16. The molecule has 0 saturated heterocycles. The lowest BCUT2D eigenvalue weighted by Gasteiger charge is -2.17. The van der Waals surface area contributed by atoms with Crippen LogP contribution in [0.1, 0.15) is 30.5 Å². The molecule has 1 unspecified atom stereocenters. The van der Waals surface area contributed by atoms with E-state index < -0.39 is 24.2 Å². The van der Waals surface area contributed by atoms with Crippen molar-refractivity contribution < 1.29 is 38.4 Å². The fraction of sp³-hybridized carbons (Fsp3) is 0.258. The van der Waals surface area contributed by atoms with Crippen LogP contribution in [-0.2, 0) is 16.0 Å². The fourth-order valence-corrected chi connectivity index (χ4v) is 3.80. The number of rotatable bonds is 14. The van der Waals surface area contributed by atoms with Crippen molar-refractivity contribution in [3.05, 3.63) is 89.5 Å². The van der Waals surface area contributed by atoms with Crippen molar-refractivity contribution in [2.24, 2.45) is 0 Å². The normalized spacial score (nSPS) is 11.4. The summed E-state index contributed by atoms with van der Waals surface area (Å²) >= 11 is 0. The molecule has 0 aromatic heterocycles. The van der Waals surface area contributed by atoms with Gasteiger partial charge in [0.25, 0.3) is 0 Å². The zero-order valence-electron chi connectivity index (χ0n) is 23.0. The second-order valence-electron chi connectivity index (χ2n) is 8.69. The molecule has 10 heteroatoms. The topological polar surface area (TPSA) is 132 Å². The van der Waals surface area contributed by atoms with Crippen LogP contribution in [0.2, 0.25) is 0 Å². The van der Waals surface area contributed by atoms with Crippen LogP contribution in [0.4, 0.5) is 9.59 Å². The fourth-order valence-electron chi connectivity index (χ4n) is 3.80. The first-order valence-electron chi connectivity index (χ1n) is 13.2. The summed E-state index contributed by atoms with van der Waals surface area (Å²) in [4.78, 5) is 35.6. The van der Waals surface area contributed by atoms with Gasteiger partial charge < -0.3 is 34.7 Å². The summed E-state index contributed by atoms with van der Waals surface area (Å²) in [5, 5.41) is 13.8. The second-order valence-corrected chi connectivity index (χ2v) is 8.69. The number of carbonyl (C=O) groups is 3. The summed E-state index contributed by atoms with van der Waals surface area (Å²) in [6.07, 6.45) is 1.79. The molecule has 0 spiro atoms. The van der Waals surface area contributed by atoms with E-state index >= 15 is 0 Å². The van der Waals surface area contributed by atoms with Gasteiger partial charge in [-0.3, -0.25) is 4.79 Å². The molecular formula is C31H34N2O8. The van der Waals surface area contributed by atoms with Crippen LogP contribution in [0.5, 0.6) is 17.2 Å². The highest BCUT2D eigenvalue weighted by Crippen LogP contribution is 2.25. The average molecular weight is 563 g/mol. The van der Waals surface area contributed by atoms with E-state index in [1.165, 1.54) is 0 Å². The van der Waals surface area contributed by atoms with Gasteiger partial charge in [-0.2, -0.15) is 0 Å². The number of nitrogens with one attached hydrogen (secondary N) is 2. The van der Waals surface area contributed by atoms with Crippen LogP contribution >= 0.6 is 0 Å². The molecule has 0 aliphatic carbocycles. The largest absolute Gasteiger partial charge is 0.513 e. The zero-order chi connectivity index (χ0) is 29.5. The Morgan fingerprint density at radius 2 is 1.46 bits per heavy atom. The van der Waals surface area contributed by atoms with E-state index in [2.05, 4.69) is 10.6 Å². The van der Waals surface area contributed by atoms with Gasteiger partial charge in [-0.05, 0) is 54.8 Å². The Morgan fingerprint density at radius 3 is 2.07 bits per heavy atom. The molecule has 0 saturated carbocycles. The molecule has 0 fully saturated rings. The molecule has 41 heavy (non-hydrogen) atoms. The lowest BCUT2D eigenvalue weighted by Crippen LogP contribution is -2.48. The number of ether oxygens (including phenoxy) is 4. The molecule has 2 amide bonds. The third-order valence-electron chi connectivity index (χ3n) is 5.59. The molecule has 0 aliphatic rings. The highest BCUT2D eigenvalue weighted by molar-refractivity contribution is 5.85. The van der Waals surface area contributed by atoms with Gasteiger partial charge in [0.05, 0.1) is 19.8 Å². The van der Waals surface area contributed by atoms with Gasteiger partial charge in [0.1, 0.15) is 29.9 Å². The Bertz CT molecular complexity index is 1290. The first-order chi connectivity index (χ1) is 19.9. The maximum atomic E-state index is 12.5. The minimum atomic E-state index is -1.31. The summed E-state index contributed by atoms with van der Waals surface area (Å²) in [5.74, 6) is 1.21. The van der Waals surface area contributed by atoms with E-state index in [-0.39, 0.29) is 19.6 Å². The SMILES string of the molecule is CCOc1cc(C=Cc2ccc(OC(=O)OCCNC(=O)C(Cc3ccccc3)NC(=O)O)cc2)cc(OCC)c1. The molecule has 3 N–H and O–H groups in total. The molecule has 0 bridgehead atoms.